The Kier molecular flexibility index (Phi) is 7.45. The van der Waals surface area contributed by atoms with E-state index < -0.39 is 5.31 Å². The summed E-state index contributed by atoms with van der Waals surface area (Å²) in [5.74, 6) is 0. The summed E-state index contributed by atoms with van der Waals surface area (Å²) in [6.45, 7) is 0. The van der Waals surface area contributed by atoms with Crippen molar-refractivity contribution in [3.8, 4) is 0 Å². The summed E-state index contributed by atoms with van der Waals surface area (Å²) >= 11 is 11.1. The van der Waals surface area contributed by atoms with Crippen LogP contribution in [0.3, 0.4) is 0 Å². The van der Waals surface area contributed by atoms with Crippen molar-refractivity contribution in [3.63, 3.8) is 0 Å². The average Bonchev–Trinajstić information content (AvgIpc) is 2.90. The third-order valence-corrected chi connectivity index (χ3v) is 15.5. The van der Waals surface area contributed by atoms with Crippen molar-refractivity contribution < 1.29 is 0 Å². The molecule has 1 N–H and O–H groups in total. The molecule has 33 heavy (non-hydrogen) atoms. The van der Waals surface area contributed by atoms with Gasteiger partial charge in [-0.25, -0.2) is 0 Å². The van der Waals surface area contributed by atoms with Crippen LogP contribution in [0.25, 0.3) is 0 Å². The monoisotopic (exact) mass is 534 g/mol. The molecule has 0 aliphatic carbocycles. The van der Waals surface area contributed by atoms with Gasteiger partial charge in [0.25, 0.3) is 0 Å². The number of benzene rings is 4. The second-order valence-corrected chi connectivity index (χ2v) is 17.1. The Balaban J connectivity index is 1.79. The molecule has 0 atom stereocenters. The fraction of sp³-hybridized carbons (Fsp3) is 0.0357. The number of hydrazone groups is 1. The molecule has 4 aromatic carbocycles. The van der Waals surface area contributed by atoms with Crippen molar-refractivity contribution in [1.82, 2.24) is 0 Å². The third kappa shape index (κ3) is 4.96. The second-order valence-electron chi connectivity index (χ2n) is 7.70. The van der Waals surface area contributed by atoms with Crippen LogP contribution in [0, 0.1) is 0 Å². The third-order valence-electron chi connectivity index (χ3n) is 5.67. The van der Waals surface area contributed by atoms with Gasteiger partial charge in [-0.3, -0.25) is 0 Å². The van der Waals surface area contributed by atoms with E-state index in [9.17, 15) is 0 Å². The predicted molar refractivity (Wildman–Crippen MR) is 151 cm³/mol. The summed E-state index contributed by atoms with van der Waals surface area (Å²) in [6, 6.07) is 41.8. The summed E-state index contributed by atoms with van der Waals surface area (Å²) in [4.78, 5) is 0. The first kappa shape index (κ1) is 23.4. The molecule has 0 amide bonds. The predicted octanol–water partition coefficient (Wildman–Crippen LogP) is 7.05. The Morgan fingerprint density at radius 2 is 1.09 bits per heavy atom. The first-order chi connectivity index (χ1) is 16.1. The van der Waals surface area contributed by atoms with E-state index in [1.165, 1.54) is 15.9 Å². The Hall–Kier alpha value is -2.71. The first-order valence-corrected chi connectivity index (χ1v) is 15.5. The molecule has 4 rings (SSSR count). The van der Waals surface area contributed by atoms with Gasteiger partial charge < -0.3 is 0 Å². The summed E-state index contributed by atoms with van der Waals surface area (Å²) in [6.07, 6.45) is 4.43. The molecule has 0 bridgehead atoms. The van der Waals surface area contributed by atoms with Crippen LogP contribution in [0.2, 0.25) is 0 Å². The Labute approximate surface area is 208 Å². The van der Waals surface area contributed by atoms with Crippen LogP contribution >= 0.6 is 32.4 Å². The maximum atomic E-state index is 6.65. The molecule has 0 unspecified atom stereocenters. The van der Waals surface area contributed by atoms with Crippen LogP contribution in [0.5, 0.6) is 0 Å². The number of hydrogen-bond donors (Lipinski definition) is 1. The van der Waals surface area contributed by atoms with Crippen LogP contribution in [0.15, 0.2) is 138 Å². The van der Waals surface area contributed by atoms with Gasteiger partial charge >= 0.3 is 209 Å². The molecule has 4 aromatic rings. The molecule has 0 fully saturated rings. The molecule has 0 radical (unpaired) electrons. The van der Waals surface area contributed by atoms with Gasteiger partial charge in [0.1, 0.15) is 0 Å². The first-order valence-electron chi connectivity index (χ1n) is 10.7. The van der Waals surface area contributed by atoms with Crippen LogP contribution in [-0.2, 0) is 0 Å². The number of hydrogen-bond acceptors (Lipinski definition) is 2. The van der Waals surface area contributed by atoms with Gasteiger partial charge in [-0.2, -0.15) is 0 Å². The van der Waals surface area contributed by atoms with Gasteiger partial charge in [0.15, 0.2) is 0 Å². The topological polar surface area (TPSA) is 24.4 Å². The molecule has 0 saturated heterocycles. The molecular weight excluding hydrogens is 511 g/mol. The van der Waals surface area contributed by atoms with E-state index in [1.54, 1.807) is 6.21 Å². The SMILES string of the molecule is ClC(C=NNc1ccccc1)=CCP(Br)(c1ccccc1)(c1ccccc1)c1ccccc1. The van der Waals surface area contributed by atoms with Gasteiger partial charge in [0.05, 0.1) is 0 Å². The van der Waals surface area contributed by atoms with Gasteiger partial charge in [0.2, 0.25) is 0 Å². The number of rotatable bonds is 8. The zero-order valence-corrected chi connectivity index (χ0v) is 21.3. The Morgan fingerprint density at radius 1 is 0.697 bits per heavy atom. The average molecular weight is 536 g/mol. The molecule has 2 nitrogen and oxygen atoms in total. The zero-order chi connectivity index (χ0) is 23.0. The summed E-state index contributed by atoms with van der Waals surface area (Å²) in [5.41, 5.74) is 3.93. The number of nitrogens with one attached hydrogen (secondary N) is 1. The Bertz CT molecular complexity index is 1130. The van der Waals surface area contributed by atoms with E-state index in [4.69, 9.17) is 11.6 Å². The fourth-order valence-electron chi connectivity index (χ4n) is 3.97. The van der Waals surface area contributed by atoms with E-state index in [0.717, 1.165) is 5.69 Å². The molecule has 0 aliphatic rings. The van der Waals surface area contributed by atoms with Crippen molar-refractivity contribution >= 4 is 60.2 Å². The maximum absolute atomic E-state index is 6.65. The van der Waals surface area contributed by atoms with Crippen LogP contribution < -0.4 is 21.3 Å². The number of allylic oxidation sites excluding steroid dienone is 2. The van der Waals surface area contributed by atoms with Gasteiger partial charge in [0, 0.05) is 0 Å². The zero-order valence-electron chi connectivity index (χ0n) is 18.1. The van der Waals surface area contributed by atoms with Crippen molar-refractivity contribution in [1.29, 1.82) is 0 Å². The van der Waals surface area contributed by atoms with E-state index in [1.807, 2.05) is 30.3 Å². The number of halogens is 2. The van der Waals surface area contributed by atoms with Crippen molar-refractivity contribution in [2.75, 3.05) is 11.6 Å². The Morgan fingerprint density at radius 3 is 1.52 bits per heavy atom. The van der Waals surface area contributed by atoms with Crippen LogP contribution in [0.1, 0.15) is 0 Å². The number of para-hydroxylation sites is 1. The molecule has 0 aliphatic heterocycles. The fourth-order valence-corrected chi connectivity index (χ4v) is 11.2. The van der Waals surface area contributed by atoms with Crippen molar-refractivity contribution in [3.05, 3.63) is 132 Å². The van der Waals surface area contributed by atoms with Gasteiger partial charge in [-0.05, 0) is 0 Å². The number of anilines is 1. The molecular formula is C28H25BrClN2P. The molecule has 5 heteroatoms. The van der Waals surface area contributed by atoms with Crippen LogP contribution in [0.4, 0.5) is 5.69 Å². The molecule has 166 valence electrons. The summed E-state index contributed by atoms with van der Waals surface area (Å²) in [5, 5.41) is 5.60. The minimum absolute atomic E-state index is 0.578. The molecule has 0 spiro atoms. The normalized spacial score (nSPS) is 13.4. The van der Waals surface area contributed by atoms with Gasteiger partial charge in [-0.15, -0.1) is 0 Å². The van der Waals surface area contributed by atoms with Crippen molar-refractivity contribution in [2.24, 2.45) is 5.10 Å². The molecule has 0 heterocycles. The van der Waals surface area contributed by atoms with E-state index in [-0.39, 0.29) is 0 Å². The van der Waals surface area contributed by atoms with E-state index in [2.05, 4.69) is 123 Å². The quantitative estimate of drug-likeness (QED) is 0.146. The van der Waals surface area contributed by atoms with E-state index >= 15 is 0 Å². The number of nitrogens with zero attached hydrogens (tertiary/aromatic N) is 1. The standard InChI is InChI=1S/C28H25BrClN2P/c29-33(26-15-7-2-8-16-26,27-17-9-3-10-18-27,28-19-11-4-12-20-28)22-21-24(30)23-31-32-25-13-5-1-6-14-25/h1-21,23,32H,22H2. The summed E-state index contributed by atoms with van der Waals surface area (Å²) in [7, 11) is 0. The molecule has 0 aromatic heterocycles. The van der Waals surface area contributed by atoms with Gasteiger partial charge in [-0.1, -0.05) is 0 Å². The van der Waals surface area contributed by atoms with Crippen molar-refractivity contribution in [2.45, 2.75) is 0 Å². The van der Waals surface area contributed by atoms with Crippen LogP contribution in [-0.4, -0.2) is 12.4 Å². The van der Waals surface area contributed by atoms with E-state index in [0.29, 0.717) is 11.2 Å². The minimum atomic E-state index is -3.04. The summed E-state index contributed by atoms with van der Waals surface area (Å²) < 4.78 is 0. The second kappa shape index (κ2) is 10.5. The molecule has 0 saturated carbocycles.